The lowest BCUT2D eigenvalue weighted by atomic mass is 10.1. The van der Waals surface area contributed by atoms with E-state index in [2.05, 4.69) is 10.2 Å². The molecule has 0 bridgehead atoms. The number of amides is 1. The number of nitrogens with one attached hydrogen (secondary N) is 1. The number of fused-ring (bicyclic) bond motifs is 1. The van der Waals surface area contributed by atoms with Gasteiger partial charge in [-0.3, -0.25) is 4.79 Å². The van der Waals surface area contributed by atoms with Crippen molar-refractivity contribution in [2.45, 2.75) is 32.4 Å². The molecule has 6 heteroatoms. The molecule has 31 heavy (non-hydrogen) atoms. The van der Waals surface area contributed by atoms with Crippen LogP contribution in [-0.4, -0.2) is 51.3 Å². The van der Waals surface area contributed by atoms with Crippen LogP contribution >= 0.6 is 0 Å². The van der Waals surface area contributed by atoms with Crippen LogP contribution in [0.1, 0.15) is 36.6 Å². The van der Waals surface area contributed by atoms with E-state index in [0.717, 1.165) is 40.4 Å². The molecule has 6 nitrogen and oxygen atoms in total. The Labute approximate surface area is 184 Å². The lowest BCUT2D eigenvalue weighted by Crippen LogP contribution is -2.33. The fourth-order valence-corrected chi connectivity index (χ4v) is 3.71. The standard InChI is InChI=1S/C25H32N2O4/c1-6-30-23-15-20-13-17(2)31-24(20)14-19(23)9-12-25(28)26-16-22(27(3)4)18-7-10-21(29-5)11-8-18/h7-12,14-15,17,22H,6,13,16H2,1-5H3,(H,26,28). The second kappa shape index (κ2) is 10.4. The maximum atomic E-state index is 12.5. The zero-order chi connectivity index (χ0) is 22.4. The number of carbonyl (C=O) groups is 1. The van der Waals surface area contributed by atoms with Crippen LogP contribution in [0.4, 0.5) is 0 Å². The number of hydrogen-bond donors (Lipinski definition) is 1. The minimum Gasteiger partial charge on any atom is -0.497 e. The molecule has 1 amide bonds. The van der Waals surface area contributed by atoms with Crippen LogP contribution < -0.4 is 19.5 Å². The van der Waals surface area contributed by atoms with Crippen molar-refractivity contribution in [3.05, 3.63) is 59.2 Å². The Morgan fingerprint density at radius 3 is 2.68 bits per heavy atom. The number of hydrogen-bond acceptors (Lipinski definition) is 5. The highest BCUT2D eigenvalue weighted by Crippen LogP contribution is 2.35. The average molecular weight is 425 g/mol. The van der Waals surface area contributed by atoms with Gasteiger partial charge in [0, 0.05) is 30.2 Å². The van der Waals surface area contributed by atoms with Crippen molar-refractivity contribution in [3.63, 3.8) is 0 Å². The van der Waals surface area contributed by atoms with Gasteiger partial charge < -0.3 is 24.4 Å². The summed E-state index contributed by atoms with van der Waals surface area (Å²) >= 11 is 0. The van der Waals surface area contributed by atoms with E-state index in [-0.39, 0.29) is 18.1 Å². The Morgan fingerprint density at radius 2 is 2.03 bits per heavy atom. The van der Waals surface area contributed by atoms with Crippen molar-refractivity contribution in [1.29, 1.82) is 0 Å². The van der Waals surface area contributed by atoms with Gasteiger partial charge in [-0.15, -0.1) is 0 Å². The summed E-state index contributed by atoms with van der Waals surface area (Å²) in [5, 5.41) is 3.00. The maximum Gasteiger partial charge on any atom is 0.244 e. The van der Waals surface area contributed by atoms with Gasteiger partial charge in [0.05, 0.1) is 19.8 Å². The van der Waals surface area contributed by atoms with E-state index in [1.807, 2.05) is 64.3 Å². The Hall–Kier alpha value is -2.99. The molecule has 2 aromatic carbocycles. The fraction of sp³-hybridized carbons (Fsp3) is 0.400. The van der Waals surface area contributed by atoms with Gasteiger partial charge >= 0.3 is 0 Å². The number of benzene rings is 2. The number of methoxy groups -OCH3 is 1. The molecule has 166 valence electrons. The van der Waals surface area contributed by atoms with E-state index in [4.69, 9.17) is 14.2 Å². The minimum atomic E-state index is -0.155. The summed E-state index contributed by atoms with van der Waals surface area (Å²) in [5.74, 6) is 2.29. The molecule has 1 N–H and O–H groups in total. The predicted octanol–water partition coefficient (Wildman–Crippen LogP) is 3.85. The molecule has 3 rings (SSSR count). The molecule has 1 heterocycles. The van der Waals surface area contributed by atoms with Gasteiger partial charge in [0.25, 0.3) is 0 Å². The van der Waals surface area contributed by atoms with E-state index < -0.39 is 0 Å². The summed E-state index contributed by atoms with van der Waals surface area (Å²) in [7, 11) is 5.64. The Balaban J connectivity index is 1.67. The van der Waals surface area contributed by atoms with Crippen LogP contribution in [0.2, 0.25) is 0 Å². The van der Waals surface area contributed by atoms with E-state index in [1.165, 1.54) is 0 Å². The first-order chi connectivity index (χ1) is 14.9. The molecular formula is C25H32N2O4. The predicted molar refractivity (Wildman–Crippen MR) is 123 cm³/mol. The molecule has 0 radical (unpaired) electrons. The van der Waals surface area contributed by atoms with Gasteiger partial charge in [0.15, 0.2) is 0 Å². The van der Waals surface area contributed by atoms with Crippen molar-refractivity contribution in [3.8, 4) is 17.2 Å². The van der Waals surface area contributed by atoms with E-state index in [9.17, 15) is 4.79 Å². The van der Waals surface area contributed by atoms with Crippen molar-refractivity contribution >= 4 is 12.0 Å². The first-order valence-electron chi connectivity index (χ1n) is 10.6. The zero-order valence-corrected chi connectivity index (χ0v) is 19.0. The Kier molecular flexibility index (Phi) is 7.58. The van der Waals surface area contributed by atoms with Crippen molar-refractivity contribution in [1.82, 2.24) is 10.2 Å². The van der Waals surface area contributed by atoms with Crippen LogP contribution in [0.15, 0.2) is 42.5 Å². The van der Waals surface area contributed by atoms with Crippen LogP contribution in [0.3, 0.4) is 0 Å². The fourth-order valence-electron chi connectivity index (χ4n) is 3.71. The Bertz CT molecular complexity index is 922. The first-order valence-corrected chi connectivity index (χ1v) is 10.6. The second-order valence-electron chi connectivity index (χ2n) is 7.89. The molecule has 2 atom stereocenters. The molecule has 2 aromatic rings. The molecule has 0 aromatic heterocycles. The summed E-state index contributed by atoms with van der Waals surface area (Å²) in [6.07, 6.45) is 4.36. The van der Waals surface area contributed by atoms with E-state index in [0.29, 0.717) is 13.2 Å². The highest BCUT2D eigenvalue weighted by molar-refractivity contribution is 5.92. The highest BCUT2D eigenvalue weighted by Gasteiger charge is 2.21. The number of rotatable bonds is 9. The molecule has 1 aliphatic rings. The third-order valence-electron chi connectivity index (χ3n) is 5.34. The van der Waals surface area contributed by atoms with Gasteiger partial charge in [-0.1, -0.05) is 12.1 Å². The van der Waals surface area contributed by atoms with Crippen molar-refractivity contribution in [2.75, 3.05) is 34.4 Å². The van der Waals surface area contributed by atoms with Gasteiger partial charge in [-0.2, -0.15) is 0 Å². The summed E-state index contributed by atoms with van der Waals surface area (Å²) in [4.78, 5) is 14.6. The monoisotopic (exact) mass is 424 g/mol. The van der Waals surface area contributed by atoms with Gasteiger partial charge in [0.1, 0.15) is 23.4 Å². The topological polar surface area (TPSA) is 60.0 Å². The molecule has 1 aliphatic heterocycles. The maximum absolute atomic E-state index is 12.5. The third kappa shape index (κ3) is 5.79. The molecular weight excluding hydrogens is 392 g/mol. The quantitative estimate of drug-likeness (QED) is 0.620. The lowest BCUT2D eigenvalue weighted by Gasteiger charge is -2.25. The first kappa shape index (κ1) is 22.7. The molecule has 0 saturated heterocycles. The average Bonchev–Trinajstić information content (AvgIpc) is 3.11. The van der Waals surface area contributed by atoms with E-state index >= 15 is 0 Å². The van der Waals surface area contributed by atoms with Gasteiger partial charge in [0.2, 0.25) is 5.91 Å². The second-order valence-corrected chi connectivity index (χ2v) is 7.89. The van der Waals surface area contributed by atoms with E-state index in [1.54, 1.807) is 19.3 Å². The highest BCUT2D eigenvalue weighted by atomic mass is 16.5. The SMILES string of the molecule is CCOc1cc2c(cc1C=CC(=O)NCC(c1ccc(OC)cc1)N(C)C)OC(C)C2. The minimum absolute atomic E-state index is 0.0529. The molecule has 0 aliphatic carbocycles. The van der Waals surface area contributed by atoms with Gasteiger partial charge in [-0.25, -0.2) is 0 Å². The summed E-state index contributed by atoms with van der Waals surface area (Å²) < 4.78 is 16.9. The Morgan fingerprint density at radius 1 is 1.29 bits per heavy atom. The van der Waals surface area contributed by atoms with Crippen LogP contribution in [0, 0.1) is 0 Å². The zero-order valence-electron chi connectivity index (χ0n) is 19.0. The molecule has 0 fully saturated rings. The number of carbonyl (C=O) groups excluding carboxylic acids is 1. The molecule has 2 unspecified atom stereocenters. The van der Waals surface area contributed by atoms with Crippen LogP contribution in [0.25, 0.3) is 6.08 Å². The normalized spacial score (nSPS) is 16.1. The van der Waals surface area contributed by atoms with Crippen molar-refractivity contribution in [2.24, 2.45) is 0 Å². The molecule has 0 saturated carbocycles. The van der Waals surface area contributed by atoms with Gasteiger partial charge in [-0.05, 0) is 63.8 Å². The molecule has 0 spiro atoms. The number of nitrogens with zero attached hydrogens (tertiary/aromatic N) is 1. The summed E-state index contributed by atoms with van der Waals surface area (Å²) in [5.41, 5.74) is 3.09. The van der Waals surface area contributed by atoms with Crippen LogP contribution in [0.5, 0.6) is 17.2 Å². The smallest absolute Gasteiger partial charge is 0.244 e. The number of ether oxygens (including phenoxy) is 3. The third-order valence-corrected chi connectivity index (χ3v) is 5.34. The largest absolute Gasteiger partial charge is 0.497 e. The summed E-state index contributed by atoms with van der Waals surface area (Å²) in [6.45, 7) is 5.06. The van der Waals surface area contributed by atoms with Crippen molar-refractivity contribution < 1.29 is 19.0 Å². The summed E-state index contributed by atoms with van der Waals surface area (Å²) in [6, 6.07) is 11.9. The lowest BCUT2D eigenvalue weighted by molar-refractivity contribution is -0.116. The number of likely N-dealkylation sites (N-methyl/N-ethyl adjacent to an activating group) is 1. The van der Waals surface area contributed by atoms with Crippen LogP contribution in [-0.2, 0) is 11.2 Å².